The summed E-state index contributed by atoms with van der Waals surface area (Å²) in [5, 5.41) is 2.60. The monoisotopic (exact) mass is 396 g/mol. The van der Waals surface area contributed by atoms with E-state index in [0.29, 0.717) is 34.5 Å². The lowest BCUT2D eigenvalue weighted by atomic mass is 10.1. The minimum Gasteiger partial charge on any atom is -0.490 e. The van der Waals surface area contributed by atoms with E-state index in [2.05, 4.69) is 5.32 Å². The quantitative estimate of drug-likeness (QED) is 0.638. The number of hydrogen-bond donors (Lipinski definition) is 1. The second-order valence-corrected chi connectivity index (χ2v) is 7.85. The third-order valence-corrected chi connectivity index (χ3v) is 5.45. The normalized spacial score (nSPS) is 17.5. The first kappa shape index (κ1) is 17.8. The summed E-state index contributed by atoms with van der Waals surface area (Å²) < 4.78 is 6.15. The van der Waals surface area contributed by atoms with E-state index in [0.717, 1.165) is 16.8 Å². The maximum absolute atomic E-state index is 12.9. The summed E-state index contributed by atoms with van der Waals surface area (Å²) >= 11 is 6.25. The predicted octanol–water partition coefficient (Wildman–Crippen LogP) is 3.14. The SMILES string of the molecule is O=C1NC(=S)SC1=Cc1ccc2c(c1)N(C(=O)Cc1ccccc1)CCO2. The Morgan fingerprint density at radius 3 is 2.81 bits per heavy atom. The van der Waals surface area contributed by atoms with Crippen molar-refractivity contribution in [2.24, 2.45) is 0 Å². The number of anilines is 1. The summed E-state index contributed by atoms with van der Waals surface area (Å²) in [5.41, 5.74) is 2.52. The molecule has 1 saturated heterocycles. The maximum atomic E-state index is 12.9. The van der Waals surface area contributed by atoms with Gasteiger partial charge in [-0.2, -0.15) is 0 Å². The predicted molar refractivity (Wildman–Crippen MR) is 111 cm³/mol. The van der Waals surface area contributed by atoms with Crippen molar-refractivity contribution >= 4 is 51.9 Å². The number of carbonyl (C=O) groups excluding carboxylic acids is 2. The van der Waals surface area contributed by atoms with Gasteiger partial charge < -0.3 is 15.0 Å². The van der Waals surface area contributed by atoms with Gasteiger partial charge in [0.05, 0.1) is 23.6 Å². The number of nitrogens with one attached hydrogen (secondary N) is 1. The summed E-state index contributed by atoms with van der Waals surface area (Å²) in [4.78, 5) is 27.0. The fraction of sp³-hybridized carbons (Fsp3) is 0.150. The van der Waals surface area contributed by atoms with Crippen LogP contribution >= 0.6 is 24.0 Å². The first-order valence-electron chi connectivity index (χ1n) is 8.46. The molecular weight excluding hydrogens is 380 g/mol. The van der Waals surface area contributed by atoms with Gasteiger partial charge in [0.15, 0.2) is 0 Å². The van der Waals surface area contributed by atoms with E-state index < -0.39 is 0 Å². The van der Waals surface area contributed by atoms with Crippen molar-refractivity contribution in [3.8, 4) is 5.75 Å². The average molecular weight is 396 g/mol. The van der Waals surface area contributed by atoms with E-state index >= 15 is 0 Å². The summed E-state index contributed by atoms with van der Waals surface area (Å²) in [6.07, 6.45) is 2.10. The van der Waals surface area contributed by atoms with E-state index in [9.17, 15) is 9.59 Å². The molecule has 2 aliphatic rings. The smallest absolute Gasteiger partial charge is 0.263 e. The van der Waals surface area contributed by atoms with Gasteiger partial charge in [0.2, 0.25) is 5.91 Å². The lowest BCUT2D eigenvalue weighted by Crippen LogP contribution is -2.38. The number of nitrogens with zero attached hydrogens (tertiary/aromatic N) is 1. The van der Waals surface area contributed by atoms with Gasteiger partial charge in [-0.15, -0.1) is 0 Å². The molecule has 1 fully saturated rings. The third kappa shape index (κ3) is 3.89. The molecule has 2 heterocycles. The number of thiocarbonyl (C=S) groups is 1. The molecule has 0 saturated carbocycles. The zero-order valence-electron chi connectivity index (χ0n) is 14.3. The average Bonchev–Trinajstić information content (AvgIpc) is 2.99. The van der Waals surface area contributed by atoms with Gasteiger partial charge in [-0.3, -0.25) is 9.59 Å². The van der Waals surface area contributed by atoms with Crippen molar-refractivity contribution in [3.63, 3.8) is 0 Å². The van der Waals surface area contributed by atoms with Crippen LogP contribution in [0.3, 0.4) is 0 Å². The van der Waals surface area contributed by atoms with Gasteiger partial charge in [-0.1, -0.05) is 60.4 Å². The minimum atomic E-state index is -0.198. The number of ether oxygens (including phenoxy) is 1. The Kier molecular flexibility index (Phi) is 4.96. The highest BCUT2D eigenvalue weighted by Crippen LogP contribution is 2.35. The molecule has 136 valence electrons. The largest absolute Gasteiger partial charge is 0.490 e. The van der Waals surface area contributed by atoms with E-state index in [1.54, 1.807) is 11.0 Å². The van der Waals surface area contributed by atoms with Gasteiger partial charge in [-0.25, -0.2) is 0 Å². The van der Waals surface area contributed by atoms with Crippen LogP contribution in [-0.2, 0) is 16.0 Å². The Labute approximate surface area is 166 Å². The van der Waals surface area contributed by atoms with E-state index in [1.165, 1.54) is 11.8 Å². The number of thioether (sulfide) groups is 1. The summed E-state index contributed by atoms with van der Waals surface area (Å²) in [7, 11) is 0. The maximum Gasteiger partial charge on any atom is 0.263 e. The molecule has 0 spiro atoms. The summed E-state index contributed by atoms with van der Waals surface area (Å²) in [6.45, 7) is 0.957. The first-order chi connectivity index (χ1) is 13.1. The van der Waals surface area contributed by atoms with Crippen molar-refractivity contribution in [3.05, 3.63) is 64.6 Å². The molecule has 0 aliphatic carbocycles. The molecule has 2 amide bonds. The fourth-order valence-corrected chi connectivity index (χ4v) is 4.07. The zero-order chi connectivity index (χ0) is 18.8. The number of benzene rings is 2. The fourth-order valence-electron chi connectivity index (χ4n) is 3.02. The van der Waals surface area contributed by atoms with Crippen LogP contribution in [0.1, 0.15) is 11.1 Å². The van der Waals surface area contributed by atoms with Gasteiger partial charge in [0.1, 0.15) is 16.7 Å². The van der Waals surface area contributed by atoms with E-state index in [4.69, 9.17) is 17.0 Å². The van der Waals surface area contributed by atoms with Crippen molar-refractivity contribution in [1.29, 1.82) is 0 Å². The van der Waals surface area contributed by atoms with Crippen LogP contribution in [0.4, 0.5) is 5.69 Å². The second kappa shape index (κ2) is 7.54. The molecular formula is C20H16N2O3S2. The molecule has 0 atom stereocenters. The summed E-state index contributed by atoms with van der Waals surface area (Å²) in [6, 6.07) is 15.2. The van der Waals surface area contributed by atoms with Crippen molar-refractivity contribution in [2.45, 2.75) is 6.42 Å². The number of carbonyl (C=O) groups is 2. The van der Waals surface area contributed by atoms with E-state index in [-0.39, 0.29) is 11.8 Å². The molecule has 27 heavy (non-hydrogen) atoms. The number of amides is 2. The Bertz CT molecular complexity index is 957. The highest BCUT2D eigenvalue weighted by molar-refractivity contribution is 8.26. The molecule has 1 N–H and O–H groups in total. The Morgan fingerprint density at radius 1 is 1.26 bits per heavy atom. The molecule has 2 aromatic carbocycles. The van der Waals surface area contributed by atoms with Gasteiger partial charge >= 0.3 is 0 Å². The molecule has 2 aliphatic heterocycles. The van der Waals surface area contributed by atoms with Crippen molar-refractivity contribution in [1.82, 2.24) is 5.32 Å². The third-order valence-electron chi connectivity index (χ3n) is 4.29. The number of rotatable bonds is 3. The van der Waals surface area contributed by atoms with Crippen LogP contribution in [0.5, 0.6) is 5.75 Å². The van der Waals surface area contributed by atoms with Crippen LogP contribution in [0.15, 0.2) is 53.4 Å². The lowest BCUT2D eigenvalue weighted by Gasteiger charge is -2.30. The molecule has 7 heteroatoms. The van der Waals surface area contributed by atoms with Crippen LogP contribution in [-0.4, -0.2) is 29.3 Å². The molecule has 4 rings (SSSR count). The topological polar surface area (TPSA) is 58.6 Å². The lowest BCUT2D eigenvalue weighted by molar-refractivity contribution is -0.118. The number of fused-ring (bicyclic) bond motifs is 1. The summed E-state index contributed by atoms with van der Waals surface area (Å²) in [5.74, 6) is 0.490. The van der Waals surface area contributed by atoms with Gasteiger partial charge in [0, 0.05) is 0 Å². The van der Waals surface area contributed by atoms with Gasteiger partial charge in [0.25, 0.3) is 5.91 Å². The Balaban J connectivity index is 1.61. The van der Waals surface area contributed by atoms with Crippen LogP contribution < -0.4 is 15.0 Å². The standard InChI is InChI=1S/C20H16N2O3S2/c23-18(12-13-4-2-1-3-5-13)22-8-9-25-16-7-6-14(10-15(16)22)11-17-19(24)21-20(26)27-17/h1-7,10-11H,8-9,12H2,(H,21,24,26). The highest BCUT2D eigenvalue weighted by atomic mass is 32.2. The Hall–Kier alpha value is -2.64. The van der Waals surface area contributed by atoms with Gasteiger partial charge in [-0.05, 0) is 29.3 Å². The molecule has 2 aromatic rings. The van der Waals surface area contributed by atoms with Crippen LogP contribution in [0.2, 0.25) is 0 Å². The molecule has 5 nitrogen and oxygen atoms in total. The first-order valence-corrected chi connectivity index (χ1v) is 9.68. The zero-order valence-corrected chi connectivity index (χ0v) is 15.9. The molecule has 0 bridgehead atoms. The van der Waals surface area contributed by atoms with Crippen molar-refractivity contribution < 1.29 is 14.3 Å². The van der Waals surface area contributed by atoms with Crippen LogP contribution in [0, 0.1) is 0 Å². The molecule has 0 radical (unpaired) electrons. The Morgan fingerprint density at radius 2 is 2.07 bits per heavy atom. The molecule has 0 unspecified atom stereocenters. The van der Waals surface area contributed by atoms with Crippen molar-refractivity contribution in [2.75, 3.05) is 18.1 Å². The number of hydrogen-bond acceptors (Lipinski definition) is 5. The van der Waals surface area contributed by atoms with Crippen LogP contribution in [0.25, 0.3) is 6.08 Å². The second-order valence-electron chi connectivity index (χ2n) is 6.14. The molecule has 0 aromatic heterocycles. The van der Waals surface area contributed by atoms with E-state index in [1.807, 2.05) is 48.5 Å². The minimum absolute atomic E-state index is 0.0183. The highest BCUT2D eigenvalue weighted by Gasteiger charge is 2.25.